The highest BCUT2D eigenvalue weighted by Gasteiger charge is 2.06. The number of ether oxygens (including phenoxy) is 1. The van der Waals surface area contributed by atoms with Crippen molar-refractivity contribution in [3.05, 3.63) is 57.9 Å². The molecule has 19 heavy (non-hydrogen) atoms. The van der Waals surface area contributed by atoms with Crippen LogP contribution in [0.3, 0.4) is 0 Å². The predicted molar refractivity (Wildman–Crippen MR) is 75.3 cm³/mol. The highest BCUT2D eigenvalue weighted by molar-refractivity contribution is 6.32. The lowest BCUT2D eigenvalue weighted by Gasteiger charge is -2.10. The third-order valence-electron chi connectivity index (χ3n) is 2.81. The van der Waals surface area contributed by atoms with Crippen molar-refractivity contribution in [2.75, 3.05) is 0 Å². The average molecular weight is 280 g/mol. The maximum absolute atomic E-state index is 13.4. The fourth-order valence-electron chi connectivity index (χ4n) is 1.90. The fraction of sp³-hybridized carbons (Fsp3) is 0.200. The minimum atomic E-state index is -0.361. The molecule has 0 aliphatic rings. The number of hydrogen-bond acceptors (Lipinski definition) is 2. The molecule has 2 N–H and O–H groups in total. The molecule has 0 fully saturated rings. The van der Waals surface area contributed by atoms with Gasteiger partial charge in [0.1, 0.15) is 17.3 Å². The SMILES string of the molecule is Cc1cc(Oc2cc(F)cc(CN)c2)cc(C)c1Cl. The van der Waals surface area contributed by atoms with Gasteiger partial charge in [0, 0.05) is 17.6 Å². The molecule has 0 saturated carbocycles. The van der Waals surface area contributed by atoms with E-state index in [1.54, 1.807) is 6.07 Å². The van der Waals surface area contributed by atoms with Crippen molar-refractivity contribution >= 4 is 11.6 Å². The first-order valence-electron chi connectivity index (χ1n) is 5.93. The number of nitrogens with two attached hydrogens (primary N) is 1. The van der Waals surface area contributed by atoms with Crippen molar-refractivity contribution in [1.29, 1.82) is 0 Å². The third kappa shape index (κ3) is 3.25. The van der Waals surface area contributed by atoms with Crippen molar-refractivity contribution < 1.29 is 9.13 Å². The summed E-state index contributed by atoms with van der Waals surface area (Å²) in [5.74, 6) is 0.704. The second kappa shape index (κ2) is 5.59. The minimum Gasteiger partial charge on any atom is -0.457 e. The van der Waals surface area contributed by atoms with Crippen LogP contribution >= 0.6 is 11.6 Å². The van der Waals surface area contributed by atoms with E-state index in [9.17, 15) is 4.39 Å². The summed E-state index contributed by atoms with van der Waals surface area (Å²) in [5, 5.41) is 0.717. The van der Waals surface area contributed by atoms with E-state index in [0.717, 1.165) is 11.1 Å². The summed E-state index contributed by atoms with van der Waals surface area (Å²) in [5.41, 5.74) is 8.05. The topological polar surface area (TPSA) is 35.2 Å². The van der Waals surface area contributed by atoms with E-state index in [4.69, 9.17) is 22.1 Å². The summed E-state index contributed by atoms with van der Waals surface area (Å²) < 4.78 is 19.0. The Morgan fingerprint density at radius 2 is 1.63 bits per heavy atom. The van der Waals surface area contributed by atoms with E-state index in [1.807, 2.05) is 26.0 Å². The lowest BCUT2D eigenvalue weighted by Crippen LogP contribution is -1.98. The van der Waals surface area contributed by atoms with Crippen LogP contribution < -0.4 is 10.5 Å². The van der Waals surface area contributed by atoms with Gasteiger partial charge in [-0.15, -0.1) is 0 Å². The summed E-state index contributed by atoms with van der Waals surface area (Å²) >= 11 is 6.09. The maximum Gasteiger partial charge on any atom is 0.130 e. The van der Waals surface area contributed by atoms with E-state index in [1.165, 1.54) is 12.1 Å². The normalized spacial score (nSPS) is 10.6. The molecule has 0 unspecified atom stereocenters. The highest BCUT2D eigenvalue weighted by Crippen LogP contribution is 2.29. The van der Waals surface area contributed by atoms with Gasteiger partial charge in [0.2, 0.25) is 0 Å². The van der Waals surface area contributed by atoms with Gasteiger partial charge in [-0.1, -0.05) is 11.6 Å². The predicted octanol–water partition coefficient (Wildman–Crippen LogP) is 4.35. The third-order valence-corrected chi connectivity index (χ3v) is 3.41. The van der Waals surface area contributed by atoms with Gasteiger partial charge >= 0.3 is 0 Å². The highest BCUT2D eigenvalue weighted by atomic mass is 35.5. The molecule has 0 spiro atoms. The molecular formula is C15H15ClFNO. The summed E-state index contributed by atoms with van der Waals surface area (Å²) in [7, 11) is 0. The number of aryl methyl sites for hydroxylation is 2. The first-order valence-corrected chi connectivity index (χ1v) is 6.31. The Kier molecular flexibility index (Phi) is 4.08. The van der Waals surface area contributed by atoms with Gasteiger partial charge in [-0.05, 0) is 54.8 Å². The van der Waals surface area contributed by atoms with Crippen LogP contribution in [0.25, 0.3) is 0 Å². The maximum atomic E-state index is 13.4. The second-order valence-corrected chi connectivity index (χ2v) is 4.85. The first kappa shape index (κ1) is 13.8. The fourth-order valence-corrected chi connectivity index (χ4v) is 2.01. The van der Waals surface area contributed by atoms with Gasteiger partial charge in [0.05, 0.1) is 0 Å². The number of benzene rings is 2. The molecule has 2 nitrogen and oxygen atoms in total. The van der Waals surface area contributed by atoms with E-state index < -0.39 is 0 Å². The smallest absolute Gasteiger partial charge is 0.130 e. The average Bonchev–Trinajstić information content (AvgIpc) is 2.35. The summed E-state index contributed by atoms with van der Waals surface area (Å²) in [6, 6.07) is 8.09. The Bertz CT molecular complexity index is 590. The van der Waals surface area contributed by atoms with Gasteiger partial charge in [-0.25, -0.2) is 4.39 Å². The second-order valence-electron chi connectivity index (χ2n) is 4.47. The van der Waals surface area contributed by atoms with E-state index in [0.29, 0.717) is 22.1 Å². The minimum absolute atomic E-state index is 0.271. The molecular weight excluding hydrogens is 265 g/mol. The van der Waals surface area contributed by atoms with Crippen LogP contribution in [-0.2, 0) is 6.54 Å². The zero-order valence-corrected chi connectivity index (χ0v) is 11.6. The molecule has 0 aliphatic heterocycles. The van der Waals surface area contributed by atoms with Crippen molar-refractivity contribution in [2.45, 2.75) is 20.4 Å². The van der Waals surface area contributed by atoms with Crippen molar-refractivity contribution in [3.8, 4) is 11.5 Å². The Morgan fingerprint density at radius 1 is 1.05 bits per heavy atom. The molecule has 2 aromatic rings. The van der Waals surface area contributed by atoms with E-state index in [2.05, 4.69) is 0 Å². The number of halogens is 2. The molecule has 0 heterocycles. The van der Waals surface area contributed by atoms with Crippen LogP contribution in [0.2, 0.25) is 5.02 Å². The molecule has 0 bridgehead atoms. The van der Waals surface area contributed by atoms with Crippen LogP contribution in [0.5, 0.6) is 11.5 Å². The van der Waals surface area contributed by atoms with Crippen LogP contribution in [0.15, 0.2) is 30.3 Å². The van der Waals surface area contributed by atoms with Gasteiger partial charge in [0.15, 0.2) is 0 Å². The van der Waals surface area contributed by atoms with Crippen LogP contribution in [0.4, 0.5) is 4.39 Å². The lowest BCUT2D eigenvalue weighted by molar-refractivity contribution is 0.475. The summed E-state index contributed by atoms with van der Waals surface area (Å²) in [4.78, 5) is 0. The Hall–Kier alpha value is -1.58. The Morgan fingerprint density at radius 3 is 2.21 bits per heavy atom. The van der Waals surface area contributed by atoms with Crippen molar-refractivity contribution in [2.24, 2.45) is 5.73 Å². The largest absolute Gasteiger partial charge is 0.457 e. The Balaban J connectivity index is 2.33. The molecule has 0 aromatic heterocycles. The van der Waals surface area contributed by atoms with Gasteiger partial charge < -0.3 is 10.5 Å². The van der Waals surface area contributed by atoms with E-state index >= 15 is 0 Å². The van der Waals surface area contributed by atoms with Crippen LogP contribution in [-0.4, -0.2) is 0 Å². The standard InChI is InChI=1S/C15H15ClFNO/c1-9-3-13(4-10(2)15(9)16)19-14-6-11(8-18)5-12(17)7-14/h3-7H,8,18H2,1-2H3. The first-order chi connectivity index (χ1) is 8.99. The summed E-state index contributed by atoms with van der Waals surface area (Å²) in [6.07, 6.45) is 0. The molecule has 0 radical (unpaired) electrons. The zero-order chi connectivity index (χ0) is 14.0. The van der Waals surface area contributed by atoms with Crippen LogP contribution in [0, 0.1) is 19.7 Å². The molecule has 4 heteroatoms. The zero-order valence-electron chi connectivity index (χ0n) is 10.8. The molecule has 2 aromatic carbocycles. The quantitative estimate of drug-likeness (QED) is 0.907. The van der Waals surface area contributed by atoms with E-state index in [-0.39, 0.29) is 12.4 Å². The molecule has 2 rings (SSSR count). The monoisotopic (exact) mass is 279 g/mol. The number of rotatable bonds is 3. The molecule has 0 atom stereocenters. The molecule has 100 valence electrons. The van der Waals surface area contributed by atoms with Crippen LogP contribution in [0.1, 0.15) is 16.7 Å². The molecule has 0 amide bonds. The lowest BCUT2D eigenvalue weighted by atomic mass is 10.1. The summed E-state index contributed by atoms with van der Waals surface area (Å²) in [6.45, 7) is 4.07. The van der Waals surface area contributed by atoms with Crippen molar-refractivity contribution in [3.63, 3.8) is 0 Å². The molecule has 0 aliphatic carbocycles. The van der Waals surface area contributed by atoms with Gasteiger partial charge in [-0.3, -0.25) is 0 Å². The van der Waals surface area contributed by atoms with Gasteiger partial charge in [-0.2, -0.15) is 0 Å². The molecule has 0 saturated heterocycles. The van der Waals surface area contributed by atoms with Crippen molar-refractivity contribution in [1.82, 2.24) is 0 Å². The Labute approximate surface area is 117 Å². The number of hydrogen-bond donors (Lipinski definition) is 1. The van der Waals surface area contributed by atoms with Gasteiger partial charge in [0.25, 0.3) is 0 Å².